The number of hydrogen-bond acceptors (Lipinski definition) is 4. The fourth-order valence-electron chi connectivity index (χ4n) is 4.79. The standard InChI is InChI=1S/C31H45Cl2NO3/c1-3-5-7-9-11-13-15-17-23-19-25(30(35)27(32)21-23)29(34-37)26-20-24(22-28(33)31(26)36)18-16-14-12-10-8-6-4-2/h19-22,35-37H,3-18H2,1-2H3. The molecule has 0 aliphatic rings. The molecule has 0 unspecified atom stereocenters. The Morgan fingerprint density at radius 2 is 0.946 bits per heavy atom. The number of phenols is 2. The monoisotopic (exact) mass is 549 g/mol. The van der Waals surface area contributed by atoms with Gasteiger partial charge in [-0.25, -0.2) is 0 Å². The van der Waals surface area contributed by atoms with Crippen LogP contribution in [0.2, 0.25) is 10.0 Å². The molecule has 0 saturated carbocycles. The molecule has 4 nitrogen and oxygen atoms in total. The SMILES string of the molecule is CCCCCCCCCc1cc(Cl)c(O)c(C(=NO)c2cc(CCCCCCCCC)cc(Cl)c2O)c1. The summed E-state index contributed by atoms with van der Waals surface area (Å²) in [5, 5.41) is 35.3. The van der Waals surface area contributed by atoms with Crippen LogP contribution in [0.5, 0.6) is 11.5 Å². The van der Waals surface area contributed by atoms with Crippen molar-refractivity contribution in [1.82, 2.24) is 0 Å². The number of oxime groups is 1. The van der Waals surface area contributed by atoms with Crippen LogP contribution in [0.1, 0.15) is 126 Å². The van der Waals surface area contributed by atoms with E-state index in [0.717, 1.165) is 49.7 Å². The molecule has 0 fully saturated rings. The molecular weight excluding hydrogens is 505 g/mol. The molecule has 206 valence electrons. The molecule has 0 aliphatic heterocycles. The molecular formula is C31H45Cl2NO3. The first-order valence-electron chi connectivity index (χ1n) is 14.2. The summed E-state index contributed by atoms with van der Waals surface area (Å²) in [6.07, 6.45) is 18.5. The normalized spacial score (nSPS) is 11.1. The Balaban J connectivity index is 2.14. The summed E-state index contributed by atoms with van der Waals surface area (Å²) in [7, 11) is 0. The fraction of sp³-hybridized carbons (Fsp3) is 0.581. The van der Waals surface area contributed by atoms with Crippen molar-refractivity contribution in [3.8, 4) is 11.5 Å². The van der Waals surface area contributed by atoms with Gasteiger partial charge in [0.2, 0.25) is 0 Å². The van der Waals surface area contributed by atoms with Crippen LogP contribution in [0.15, 0.2) is 29.4 Å². The summed E-state index contributed by atoms with van der Waals surface area (Å²) >= 11 is 12.7. The molecule has 0 saturated heterocycles. The van der Waals surface area contributed by atoms with Gasteiger partial charge in [0.25, 0.3) is 0 Å². The second-order valence-corrected chi connectivity index (χ2v) is 11.0. The van der Waals surface area contributed by atoms with Crippen LogP contribution in [0, 0.1) is 0 Å². The van der Waals surface area contributed by atoms with Crippen LogP contribution in [-0.2, 0) is 12.8 Å². The van der Waals surface area contributed by atoms with Crippen LogP contribution >= 0.6 is 23.2 Å². The van der Waals surface area contributed by atoms with Gasteiger partial charge in [-0.2, -0.15) is 0 Å². The first kappa shape index (κ1) is 31.3. The largest absolute Gasteiger partial charge is 0.506 e. The molecule has 2 aromatic carbocycles. The van der Waals surface area contributed by atoms with Crippen molar-refractivity contribution in [3.05, 3.63) is 56.6 Å². The minimum absolute atomic E-state index is 0.0571. The van der Waals surface area contributed by atoms with Crippen molar-refractivity contribution >= 4 is 28.9 Å². The Labute approximate surface area is 233 Å². The van der Waals surface area contributed by atoms with Crippen LogP contribution < -0.4 is 0 Å². The van der Waals surface area contributed by atoms with Gasteiger partial charge in [0.05, 0.1) is 10.0 Å². The number of halogens is 2. The maximum atomic E-state index is 10.7. The number of aryl methyl sites for hydroxylation is 2. The molecule has 0 bridgehead atoms. The van der Waals surface area contributed by atoms with E-state index in [0.29, 0.717) is 0 Å². The van der Waals surface area contributed by atoms with Crippen molar-refractivity contribution in [2.45, 2.75) is 117 Å². The quantitative estimate of drug-likeness (QED) is 0.0748. The highest BCUT2D eigenvalue weighted by Gasteiger charge is 2.21. The van der Waals surface area contributed by atoms with Crippen LogP contribution in [-0.4, -0.2) is 21.1 Å². The van der Waals surface area contributed by atoms with E-state index in [1.54, 1.807) is 24.3 Å². The first-order chi connectivity index (χ1) is 17.9. The number of phenolic OH excluding ortho intramolecular Hbond substituents is 2. The molecule has 0 atom stereocenters. The molecule has 2 rings (SSSR count). The lowest BCUT2D eigenvalue weighted by Gasteiger charge is -2.15. The van der Waals surface area contributed by atoms with Gasteiger partial charge in [-0.3, -0.25) is 0 Å². The van der Waals surface area contributed by atoms with Crippen molar-refractivity contribution in [2.24, 2.45) is 5.16 Å². The van der Waals surface area contributed by atoms with Gasteiger partial charge in [0.1, 0.15) is 17.2 Å². The topological polar surface area (TPSA) is 73.1 Å². The molecule has 0 heterocycles. The number of unbranched alkanes of at least 4 members (excludes halogenated alkanes) is 12. The molecule has 2 aromatic rings. The van der Waals surface area contributed by atoms with Gasteiger partial charge < -0.3 is 15.4 Å². The van der Waals surface area contributed by atoms with Gasteiger partial charge in [-0.05, 0) is 61.1 Å². The zero-order valence-corrected chi connectivity index (χ0v) is 24.2. The fourth-order valence-corrected chi connectivity index (χ4v) is 5.27. The van der Waals surface area contributed by atoms with E-state index in [1.807, 2.05) is 0 Å². The lowest BCUT2D eigenvalue weighted by molar-refractivity contribution is 0.319. The lowest BCUT2D eigenvalue weighted by atomic mass is 9.94. The third-order valence-electron chi connectivity index (χ3n) is 6.99. The van der Waals surface area contributed by atoms with E-state index in [2.05, 4.69) is 19.0 Å². The number of hydrogen-bond donors (Lipinski definition) is 3. The van der Waals surface area contributed by atoms with Crippen molar-refractivity contribution in [1.29, 1.82) is 0 Å². The van der Waals surface area contributed by atoms with Gasteiger partial charge in [-0.15, -0.1) is 0 Å². The average molecular weight is 551 g/mol. The van der Waals surface area contributed by atoms with E-state index >= 15 is 0 Å². The molecule has 0 aromatic heterocycles. The summed E-state index contributed by atoms with van der Waals surface area (Å²) in [6, 6.07) is 7.11. The second-order valence-electron chi connectivity index (χ2n) is 10.1. The third kappa shape index (κ3) is 10.4. The van der Waals surface area contributed by atoms with Crippen LogP contribution in [0.3, 0.4) is 0 Å². The maximum Gasteiger partial charge on any atom is 0.143 e. The zero-order chi connectivity index (χ0) is 27.0. The summed E-state index contributed by atoms with van der Waals surface area (Å²) < 4.78 is 0. The zero-order valence-electron chi connectivity index (χ0n) is 22.7. The number of nitrogens with zero attached hydrogens (tertiary/aromatic N) is 1. The highest BCUT2D eigenvalue weighted by molar-refractivity contribution is 6.34. The Hall–Kier alpha value is -1.91. The molecule has 6 heteroatoms. The first-order valence-corrected chi connectivity index (χ1v) is 14.9. The lowest BCUT2D eigenvalue weighted by Crippen LogP contribution is -2.07. The summed E-state index contributed by atoms with van der Waals surface area (Å²) in [6.45, 7) is 4.44. The summed E-state index contributed by atoms with van der Waals surface area (Å²) in [4.78, 5) is 0. The minimum atomic E-state index is -0.175. The van der Waals surface area contributed by atoms with E-state index in [9.17, 15) is 15.4 Å². The number of rotatable bonds is 18. The van der Waals surface area contributed by atoms with Crippen molar-refractivity contribution in [2.75, 3.05) is 0 Å². The Kier molecular flexibility index (Phi) is 14.9. The molecule has 0 amide bonds. The molecule has 37 heavy (non-hydrogen) atoms. The maximum absolute atomic E-state index is 10.7. The highest BCUT2D eigenvalue weighted by Crippen LogP contribution is 2.36. The summed E-state index contributed by atoms with van der Waals surface area (Å²) in [5.74, 6) is -0.350. The van der Waals surface area contributed by atoms with E-state index in [1.165, 1.54) is 64.2 Å². The molecule has 0 radical (unpaired) electrons. The molecule has 0 spiro atoms. The highest BCUT2D eigenvalue weighted by atomic mass is 35.5. The van der Waals surface area contributed by atoms with Gasteiger partial charge in [0, 0.05) is 11.1 Å². The van der Waals surface area contributed by atoms with E-state index in [4.69, 9.17) is 23.2 Å². The smallest absolute Gasteiger partial charge is 0.143 e. The van der Waals surface area contributed by atoms with E-state index < -0.39 is 0 Å². The second kappa shape index (κ2) is 17.6. The van der Waals surface area contributed by atoms with Gasteiger partial charge in [0.15, 0.2) is 0 Å². The van der Waals surface area contributed by atoms with Crippen molar-refractivity contribution < 1.29 is 15.4 Å². The number of benzene rings is 2. The van der Waals surface area contributed by atoms with Gasteiger partial charge in [-0.1, -0.05) is 119 Å². The molecule has 0 aliphatic carbocycles. The summed E-state index contributed by atoms with van der Waals surface area (Å²) in [5.41, 5.74) is 2.54. The Bertz CT molecular complexity index is 915. The Morgan fingerprint density at radius 1 is 0.595 bits per heavy atom. The van der Waals surface area contributed by atoms with Crippen LogP contribution in [0.4, 0.5) is 0 Å². The van der Waals surface area contributed by atoms with Crippen LogP contribution in [0.25, 0.3) is 0 Å². The predicted octanol–water partition coefficient (Wildman–Crippen LogP) is 10.2. The minimum Gasteiger partial charge on any atom is -0.506 e. The Morgan fingerprint density at radius 3 is 1.30 bits per heavy atom. The number of aromatic hydroxyl groups is 2. The van der Waals surface area contributed by atoms with E-state index in [-0.39, 0.29) is 38.4 Å². The third-order valence-corrected chi connectivity index (χ3v) is 7.57. The van der Waals surface area contributed by atoms with Gasteiger partial charge >= 0.3 is 0 Å². The average Bonchev–Trinajstić information content (AvgIpc) is 2.88. The van der Waals surface area contributed by atoms with Crippen molar-refractivity contribution in [3.63, 3.8) is 0 Å². The predicted molar refractivity (Wildman–Crippen MR) is 157 cm³/mol. The molecule has 3 N–H and O–H groups in total.